The smallest absolute Gasteiger partial charge is 0.314 e. The van der Waals surface area contributed by atoms with Crippen LogP contribution >= 0.6 is 0 Å². The van der Waals surface area contributed by atoms with Gasteiger partial charge in [-0.15, -0.1) is 0 Å². The van der Waals surface area contributed by atoms with E-state index in [1.165, 1.54) is 0 Å². The lowest BCUT2D eigenvalue weighted by molar-refractivity contribution is -0.0889. The summed E-state index contributed by atoms with van der Waals surface area (Å²) in [6.07, 6.45) is 1.75. The van der Waals surface area contributed by atoms with Crippen LogP contribution in [0.3, 0.4) is 0 Å². The molecule has 102 valence electrons. The van der Waals surface area contributed by atoms with Crippen molar-refractivity contribution in [2.24, 2.45) is 20.9 Å². The van der Waals surface area contributed by atoms with E-state index < -0.39 is 5.91 Å². The van der Waals surface area contributed by atoms with Crippen LogP contribution in [-0.2, 0) is 0 Å². The number of hydrogen-bond acceptors (Lipinski definition) is 5. The van der Waals surface area contributed by atoms with Gasteiger partial charge in [0.1, 0.15) is 5.84 Å². The predicted molar refractivity (Wildman–Crippen MR) is 78.7 cm³/mol. The van der Waals surface area contributed by atoms with Crippen LogP contribution in [0.5, 0.6) is 0 Å². The summed E-state index contributed by atoms with van der Waals surface area (Å²) < 4.78 is 0. The third-order valence-electron chi connectivity index (χ3n) is 3.16. The summed E-state index contributed by atoms with van der Waals surface area (Å²) in [6.45, 7) is 3.80. The summed E-state index contributed by atoms with van der Waals surface area (Å²) in [4.78, 5) is 12.5. The van der Waals surface area contributed by atoms with E-state index in [4.69, 9.17) is 0 Å². The zero-order chi connectivity index (χ0) is 14.3. The zero-order valence-corrected chi connectivity index (χ0v) is 11.3. The number of hydrogen-bond donors (Lipinski definition) is 2. The highest BCUT2D eigenvalue weighted by Gasteiger charge is 2.40. The maximum absolute atomic E-state index is 10.1. The second-order valence-electron chi connectivity index (χ2n) is 5.11. The molecule has 3 rings (SSSR count). The molecule has 5 nitrogen and oxygen atoms in total. The average molecular weight is 269 g/mol. The topological polar surface area (TPSA) is 77.5 Å². The van der Waals surface area contributed by atoms with E-state index in [0.29, 0.717) is 17.2 Å². The van der Waals surface area contributed by atoms with Crippen LogP contribution in [0.25, 0.3) is 5.70 Å². The summed E-state index contributed by atoms with van der Waals surface area (Å²) in [5, 5.41) is 20.1. The fourth-order valence-corrected chi connectivity index (χ4v) is 2.12. The molecule has 0 amide bonds. The lowest BCUT2D eigenvalue weighted by Gasteiger charge is -2.23. The number of nitrogens with zero attached hydrogens (tertiary/aromatic N) is 3. The van der Waals surface area contributed by atoms with Crippen LogP contribution in [0.15, 0.2) is 51.4 Å². The van der Waals surface area contributed by atoms with Crippen molar-refractivity contribution >= 4 is 23.0 Å². The molecule has 1 aromatic rings. The molecule has 0 saturated carbocycles. The Morgan fingerprint density at radius 2 is 1.75 bits per heavy atom. The first-order chi connectivity index (χ1) is 9.47. The summed E-state index contributed by atoms with van der Waals surface area (Å²) in [5.41, 5.74) is 2.11. The minimum atomic E-state index is -2.30. The molecular formula is C15H15N3O2. The maximum Gasteiger partial charge on any atom is 0.314 e. The van der Waals surface area contributed by atoms with Gasteiger partial charge in [0.25, 0.3) is 0 Å². The minimum absolute atomic E-state index is 0.0110. The highest BCUT2D eigenvalue weighted by Crippen LogP contribution is 2.28. The first kappa shape index (κ1) is 12.9. The fourth-order valence-electron chi connectivity index (χ4n) is 2.12. The van der Waals surface area contributed by atoms with E-state index in [1.807, 2.05) is 44.2 Å². The van der Waals surface area contributed by atoms with Crippen molar-refractivity contribution in [1.82, 2.24) is 0 Å². The molecule has 0 aliphatic carbocycles. The Morgan fingerprint density at radius 1 is 1.05 bits per heavy atom. The number of fused-ring (bicyclic) bond motifs is 1. The Morgan fingerprint density at radius 3 is 2.40 bits per heavy atom. The van der Waals surface area contributed by atoms with Crippen LogP contribution < -0.4 is 0 Å². The molecule has 0 spiro atoms. The summed E-state index contributed by atoms with van der Waals surface area (Å²) in [6, 6.07) is 9.55. The Hall–Kier alpha value is -2.11. The molecular weight excluding hydrogens is 254 g/mol. The first-order valence-electron chi connectivity index (χ1n) is 6.47. The number of benzene rings is 1. The van der Waals surface area contributed by atoms with Gasteiger partial charge in [0.15, 0.2) is 5.71 Å². The van der Waals surface area contributed by atoms with Crippen molar-refractivity contribution in [2.45, 2.75) is 19.8 Å². The molecule has 0 bridgehead atoms. The lowest BCUT2D eigenvalue weighted by atomic mass is 10.1. The van der Waals surface area contributed by atoms with Crippen molar-refractivity contribution in [3.05, 3.63) is 42.0 Å². The Balaban J connectivity index is 2.06. The molecule has 5 heteroatoms. The average Bonchev–Trinajstić information content (AvgIpc) is 2.84. The second-order valence-corrected chi connectivity index (χ2v) is 5.11. The summed E-state index contributed by atoms with van der Waals surface area (Å²) in [7, 11) is 0. The predicted octanol–water partition coefficient (Wildman–Crippen LogP) is 1.63. The van der Waals surface area contributed by atoms with E-state index in [0.717, 1.165) is 5.56 Å². The molecule has 0 fully saturated rings. The molecule has 0 unspecified atom stereocenters. The fraction of sp³-hybridized carbons (Fsp3) is 0.267. The van der Waals surface area contributed by atoms with E-state index in [1.54, 1.807) is 6.08 Å². The van der Waals surface area contributed by atoms with Gasteiger partial charge < -0.3 is 10.2 Å². The van der Waals surface area contributed by atoms with Gasteiger partial charge in [0.05, 0.1) is 11.4 Å². The van der Waals surface area contributed by atoms with Gasteiger partial charge in [-0.1, -0.05) is 44.2 Å². The van der Waals surface area contributed by atoms with Crippen LogP contribution in [-0.4, -0.2) is 33.4 Å². The van der Waals surface area contributed by atoms with Gasteiger partial charge in [0.2, 0.25) is 0 Å². The van der Waals surface area contributed by atoms with Gasteiger partial charge in [-0.3, -0.25) is 0 Å². The molecule has 20 heavy (non-hydrogen) atoms. The molecule has 0 atom stereocenters. The Bertz CT molecular complexity index is 668. The Kier molecular flexibility index (Phi) is 2.88. The van der Waals surface area contributed by atoms with Crippen molar-refractivity contribution in [3.63, 3.8) is 0 Å². The third-order valence-corrected chi connectivity index (χ3v) is 3.16. The van der Waals surface area contributed by atoms with Crippen molar-refractivity contribution < 1.29 is 10.2 Å². The molecule has 1 aromatic carbocycles. The molecule has 2 aliphatic heterocycles. The van der Waals surface area contributed by atoms with E-state index in [-0.39, 0.29) is 11.6 Å². The molecule has 2 heterocycles. The van der Waals surface area contributed by atoms with E-state index in [2.05, 4.69) is 15.0 Å². The van der Waals surface area contributed by atoms with Gasteiger partial charge in [0, 0.05) is 11.5 Å². The quantitative estimate of drug-likeness (QED) is 0.800. The van der Waals surface area contributed by atoms with Crippen molar-refractivity contribution in [1.29, 1.82) is 0 Å². The highest BCUT2D eigenvalue weighted by atomic mass is 16.5. The number of allylic oxidation sites excluding steroid dienone is 1. The van der Waals surface area contributed by atoms with E-state index in [9.17, 15) is 10.2 Å². The van der Waals surface area contributed by atoms with Gasteiger partial charge in [-0.2, -0.15) is 0 Å². The second kappa shape index (κ2) is 4.47. The molecule has 0 radical (unpaired) electrons. The largest absolute Gasteiger partial charge is 0.342 e. The van der Waals surface area contributed by atoms with Crippen LogP contribution in [0.2, 0.25) is 0 Å². The van der Waals surface area contributed by atoms with Crippen molar-refractivity contribution in [2.75, 3.05) is 0 Å². The first-order valence-corrected chi connectivity index (χ1v) is 6.47. The maximum atomic E-state index is 10.1. The van der Waals surface area contributed by atoms with Gasteiger partial charge in [-0.05, 0) is 6.08 Å². The third kappa shape index (κ3) is 2.11. The van der Waals surface area contributed by atoms with Crippen LogP contribution in [0, 0.1) is 5.92 Å². The molecule has 2 N–H and O–H groups in total. The number of rotatable bonds is 2. The molecule has 2 aliphatic rings. The van der Waals surface area contributed by atoms with Gasteiger partial charge in [-0.25, -0.2) is 15.0 Å². The normalized spacial score (nSPS) is 20.1. The minimum Gasteiger partial charge on any atom is -0.342 e. The highest BCUT2D eigenvalue weighted by molar-refractivity contribution is 6.54. The molecule has 0 saturated heterocycles. The van der Waals surface area contributed by atoms with Crippen LogP contribution in [0.1, 0.15) is 19.4 Å². The monoisotopic (exact) mass is 269 g/mol. The summed E-state index contributed by atoms with van der Waals surface area (Å²) >= 11 is 0. The standard InChI is InChI=1S/C15H15N3O2/c1-9(2)14-17-12-8-11(10-6-4-3-5-7-10)16-13(12)15(19,20)18-14/h3-9,19-20H,1-2H3. The Labute approximate surface area is 116 Å². The SMILES string of the molecule is CC(C)C1=NC(O)(O)C2=NC(c3ccccc3)=CC2=N1. The number of aliphatic hydroxyl groups is 2. The van der Waals surface area contributed by atoms with Crippen molar-refractivity contribution in [3.8, 4) is 0 Å². The van der Waals surface area contributed by atoms with E-state index >= 15 is 0 Å². The van der Waals surface area contributed by atoms with Gasteiger partial charge >= 0.3 is 5.91 Å². The summed E-state index contributed by atoms with van der Waals surface area (Å²) in [5.74, 6) is -1.88. The zero-order valence-electron chi connectivity index (χ0n) is 11.3. The molecule has 0 aromatic heterocycles. The number of amidine groups is 1. The van der Waals surface area contributed by atoms with Crippen LogP contribution in [0.4, 0.5) is 0 Å². The number of aliphatic imine (C=N–C) groups is 3. The lowest BCUT2D eigenvalue weighted by Crippen LogP contribution is -2.44.